The normalized spacial score (nSPS) is 12.8. The number of aryl methyl sites for hydroxylation is 3. The molecule has 0 amide bonds. The molecule has 0 radical (unpaired) electrons. The predicted octanol–water partition coefficient (Wildman–Crippen LogP) is 9.20. The van der Waals surface area contributed by atoms with E-state index in [4.69, 9.17) is 0 Å². The molecule has 35 heavy (non-hydrogen) atoms. The van der Waals surface area contributed by atoms with Gasteiger partial charge in [-0.1, -0.05) is 83.5 Å². The van der Waals surface area contributed by atoms with Crippen molar-refractivity contribution in [1.82, 2.24) is 0 Å². The van der Waals surface area contributed by atoms with Gasteiger partial charge < -0.3 is 0 Å². The van der Waals surface area contributed by atoms with Gasteiger partial charge in [0.25, 0.3) is 0 Å². The summed E-state index contributed by atoms with van der Waals surface area (Å²) in [6.07, 6.45) is 3.33. The minimum absolute atomic E-state index is 0.0580. The average molecular weight is 481 g/mol. The van der Waals surface area contributed by atoms with Crippen LogP contribution in [-0.2, 0) is 18.9 Å². The number of fused-ring (bicyclic) bond motifs is 4. The highest BCUT2D eigenvalue weighted by molar-refractivity contribution is 7.26. The van der Waals surface area contributed by atoms with Gasteiger partial charge in [-0.05, 0) is 64.6 Å². The van der Waals surface area contributed by atoms with E-state index in [2.05, 4.69) is 122 Å². The lowest BCUT2D eigenvalue weighted by Crippen LogP contribution is -2.30. The quantitative estimate of drug-likeness (QED) is 0.222. The van der Waals surface area contributed by atoms with E-state index in [1.807, 2.05) is 11.3 Å². The highest BCUT2D eigenvalue weighted by Gasteiger charge is 2.26. The van der Waals surface area contributed by atoms with Crippen molar-refractivity contribution in [2.24, 2.45) is 12.5 Å². The number of thiophene rings is 1. The molecule has 0 aliphatic heterocycles. The molecule has 0 N–H and O–H groups in total. The molecular formula is C33H38NS+. The Hall–Kier alpha value is -2.71. The van der Waals surface area contributed by atoms with Gasteiger partial charge in [0.1, 0.15) is 11.7 Å². The van der Waals surface area contributed by atoms with Crippen LogP contribution in [0.2, 0.25) is 0 Å². The molecule has 1 nitrogen and oxygen atoms in total. The molecular weight excluding hydrogens is 442 g/mol. The van der Waals surface area contributed by atoms with Crippen LogP contribution in [-0.4, -0.2) is 0 Å². The lowest BCUT2D eigenvalue weighted by Gasteiger charge is -2.24. The van der Waals surface area contributed by atoms with Crippen LogP contribution in [0.1, 0.15) is 63.8 Å². The predicted molar refractivity (Wildman–Crippen MR) is 155 cm³/mol. The van der Waals surface area contributed by atoms with E-state index in [1.165, 1.54) is 64.5 Å². The van der Waals surface area contributed by atoms with Gasteiger partial charge in [-0.25, -0.2) is 0 Å². The molecule has 0 saturated carbocycles. The van der Waals surface area contributed by atoms with Gasteiger partial charge in [-0.3, -0.25) is 0 Å². The summed E-state index contributed by atoms with van der Waals surface area (Å²) in [5.41, 5.74) is 8.56. The van der Waals surface area contributed by atoms with E-state index >= 15 is 0 Å². The van der Waals surface area contributed by atoms with Gasteiger partial charge >= 0.3 is 0 Å². The highest BCUT2D eigenvalue weighted by atomic mass is 32.1. The zero-order valence-corrected chi connectivity index (χ0v) is 23.6. The third kappa shape index (κ3) is 4.16. The molecule has 0 saturated heterocycles. The zero-order chi connectivity index (χ0) is 25.3. The van der Waals surface area contributed by atoms with Crippen LogP contribution in [0.25, 0.3) is 42.2 Å². The number of aromatic nitrogens is 1. The number of rotatable bonds is 2. The summed E-state index contributed by atoms with van der Waals surface area (Å²) >= 11 is 1.97. The summed E-state index contributed by atoms with van der Waals surface area (Å²) < 4.78 is 5.16. The first kappa shape index (κ1) is 24.0. The van der Waals surface area contributed by atoms with Crippen molar-refractivity contribution < 1.29 is 4.57 Å². The second-order valence-electron chi connectivity index (χ2n) is 12.5. The maximum Gasteiger partial charge on any atom is 0.230 e. The van der Waals surface area contributed by atoms with Crippen molar-refractivity contribution in [3.63, 3.8) is 0 Å². The molecule has 2 heterocycles. The first-order valence-electron chi connectivity index (χ1n) is 12.7. The van der Waals surface area contributed by atoms with Crippen LogP contribution in [0, 0.1) is 19.3 Å². The van der Waals surface area contributed by atoms with E-state index < -0.39 is 0 Å². The lowest BCUT2D eigenvalue weighted by atomic mass is 9.80. The SMILES string of the molecule is Cc1ccc2c(C(C)(C)C)cc(-c3c4sc5c(CC(C)(C)C)cccc5c4cc[n+]3C)c(C)c2c1. The monoisotopic (exact) mass is 480 g/mol. The van der Waals surface area contributed by atoms with Crippen LogP contribution in [0.3, 0.4) is 0 Å². The topological polar surface area (TPSA) is 3.88 Å². The van der Waals surface area contributed by atoms with Crippen molar-refractivity contribution in [1.29, 1.82) is 0 Å². The van der Waals surface area contributed by atoms with Crippen LogP contribution in [0.5, 0.6) is 0 Å². The summed E-state index contributed by atoms with van der Waals surface area (Å²) in [7, 11) is 2.20. The Kier molecular flexibility index (Phi) is 5.60. The van der Waals surface area contributed by atoms with Gasteiger partial charge in [0.05, 0.1) is 5.56 Å². The molecule has 0 unspecified atom stereocenters. The Morgan fingerprint density at radius 3 is 2.17 bits per heavy atom. The van der Waals surface area contributed by atoms with E-state index in [0.29, 0.717) is 0 Å². The summed E-state index contributed by atoms with van der Waals surface area (Å²) in [5, 5.41) is 5.51. The third-order valence-corrected chi connectivity index (χ3v) is 8.52. The Labute approximate surface area is 214 Å². The number of nitrogens with zero attached hydrogens (tertiary/aromatic N) is 1. The zero-order valence-electron chi connectivity index (χ0n) is 22.8. The van der Waals surface area contributed by atoms with Gasteiger partial charge in [-0.2, -0.15) is 4.57 Å². The van der Waals surface area contributed by atoms with Gasteiger partial charge in [0.2, 0.25) is 5.69 Å². The van der Waals surface area contributed by atoms with E-state index in [0.717, 1.165) is 6.42 Å². The van der Waals surface area contributed by atoms with Crippen molar-refractivity contribution in [2.75, 3.05) is 0 Å². The average Bonchev–Trinajstić information content (AvgIpc) is 3.13. The van der Waals surface area contributed by atoms with Crippen LogP contribution < -0.4 is 4.57 Å². The first-order valence-corrected chi connectivity index (χ1v) is 13.5. The second kappa shape index (κ2) is 8.17. The molecule has 0 bridgehead atoms. The minimum Gasteiger partial charge on any atom is -0.200 e. The Morgan fingerprint density at radius 1 is 0.771 bits per heavy atom. The molecule has 0 atom stereocenters. The number of benzene rings is 3. The van der Waals surface area contributed by atoms with E-state index in [9.17, 15) is 0 Å². The third-order valence-electron chi connectivity index (χ3n) is 7.21. The fourth-order valence-electron chi connectivity index (χ4n) is 5.53. The summed E-state index contributed by atoms with van der Waals surface area (Å²) in [6, 6.07) is 18.6. The molecule has 2 heteroatoms. The fraction of sp³-hybridized carbons (Fsp3) is 0.364. The Bertz CT molecular complexity index is 1600. The standard InChI is InChI=1S/C33H38NS/c1-20-13-14-23-26(17-20)21(2)27(18-28(23)33(6,7)8)29-31-25(15-16-34(29)9)24-12-10-11-22(30(24)35-31)19-32(3,4)5/h10-18H,19H2,1-9H3/q+1. The minimum atomic E-state index is 0.0580. The van der Waals surface area contributed by atoms with E-state index in [1.54, 1.807) is 0 Å². The molecule has 0 aliphatic carbocycles. The highest BCUT2D eigenvalue weighted by Crippen LogP contribution is 2.44. The van der Waals surface area contributed by atoms with Crippen LogP contribution in [0.15, 0.2) is 54.7 Å². The Balaban J connectivity index is 1.89. The largest absolute Gasteiger partial charge is 0.230 e. The number of hydrogen-bond acceptors (Lipinski definition) is 1. The lowest BCUT2D eigenvalue weighted by molar-refractivity contribution is -0.659. The van der Waals surface area contributed by atoms with Crippen molar-refractivity contribution in [2.45, 2.75) is 67.2 Å². The van der Waals surface area contributed by atoms with Crippen LogP contribution in [0.4, 0.5) is 0 Å². The first-order chi connectivity index (χ1) is 16.3. The van der Waals surface area contributed by atoms with Crippen LogP contribution >= 0.6 is 11.3 Å². The molecule has 5 aromatic rings. The smallest absolute Gasteiger partial charge is 0.200 e. The molecule has 2 aromatic heterocycles. The van der Waals surface area contributed by atoms with Gasteiger partial charge in [-0.15, -0.1) is 11.3 Å². The second-order valence-corrected chi connectivity index (χ2v) is 13.6. The molecule has 3 aromatic carbocycles. The van der Waals surface area contributed by atoms with Crippen molar-refractivity contribution in [3.05, 3.63) is 77.0 Å². The molecule has 0 fully saturated rings. The summed E-state index contributed by atoms with van der Waals surface area (Å²) in [6.45, 7) is 18.5. The Morgan fingerprint density at radius 2 is 1.49 bits per heavy atom. The summed E-state index contributed by atoms with van der Waals surface area (Å²) in [5.74, 6) is 0. The molecule has 0 spiro atoms. The maximum absolute atomic E-state index is 2.47. The fourth-order valence-corrected chi connectivity index (χ4v) is 6.93. The van der Waals surface area contributed by atoms with Crippen molar-refractivity contribution in [3.8, 4) is 11.3 Å². The number of pyridine rings is 1. The van der Waals surface area contributed by atoms with Crippen molar-refractivity contribution >= 4 is 42.3 Å². The van der Waals surface area contributed by atoms with Gasteiger partial charge in [0, 0.05) is 21.5 Å². The number of hydrogen-bond donors (Lipinski definition) is 0. The van der Waals surface area contributed by atoms with Gasteiger partial charge in [0.15, 0.2) is 6.20 Å². The van der Waals surface area contributed by atoms with E-state index in [-0.39, 0.29) is 10.8 Å². The molecule has 5 rings (SSSR count). The summed E-state index contributed by atoms with van der Waals surface area (Å²) in [4.78, 5) is 0. The maximum atomic E-state index is 2.47. The molecule has 0 aliphatic rings. The molecule has 180 valence electrons.